The van der Waals surface area contributed by atoms with E-state index in [-0.39, 0.29) is 22.6 Å². The summed E-state index contributed by atoms with van der Waals surface area (Å²) in [5.41, 5.74) is -1.63. The van der Waals surface area contributed by atoms with Gasteiger partial charge in [-0.2, -0.15) is 0 Å². The predicted octanol–water partition coefficient (Wildman–Crippen LogP) is 2.58. The number of carboxylic acids is 1. The highest BCUT2D eigenvalue weighted by Gasteiger charge is 2.33. The van der Waals surface area contributed by atoms with Gasteiger partial charge >= 0.3 is 5.97 Å². The fraction of sp³-hybridized carbons (Fsp3) is 0.143. The minimum absolute atomic E-state index is 0.0739. The van der Waals surface area contributed by atoms with Crippen molar-refractivity contribution in [3.8, 4) is 0 Å². The van der Waals surface area contributed by atoms with Gasteiger partial charge in [-0.15, -0.1) is 11.3 Å². The maximum atomic E-state index is 14.2. The number of carbonyl (C=O) groups is 1. The highest BCUT2D eigenvalue weighted by atomic mass is 32.1. The van der Waals surface area contributed by atoms with Crippen LogP contribution in [-0.2, 0) is 6.54 Å². The van der Waals surface area contributed by atoms with Crippen LogP contribution in [0.4, 0.5) is 18.9 Å². The first-order chi connectivity index (χ1) is 10.8. The van der Waals surface area contributed by atoms with Crippen LogP contribution in [0.15, 0.2) is 10.2 Å². The van der Waals surface area contributed by atoms with E-state index in [0.717, 1.165) is 11.3 Å². The van der Waals surface area contributed by atoms with Crippen LogP contribution in [0, 0.1) is 17.5 Å². The summed E-state index contributed by atoms with van der Waals surface area (Å²) in [5.74, 6) is -6.39. The lowest BCUT2D eigenvalue weighted by molar-refractivity contribution is 0.0697. The number of thiazole rings is 1. The standard InChI is InChI=1S/C14H7F3N2O3S/c1-18-2-4-3-23-13-6(14(21)22)12(20)5-7(15)8(16)9(17)11(18)10(5)19(4)13/h3H,2H2,1H3,(H,21,22). The molecule has 4 rings (SSSR count). The van der Waals surface area contributed by atoms with Gasteiger partial charge < -0.3 is 10.0 Å². The Bertz CT molecular complexity index is 1100. The van der Waals surface area contributed by atoms with Gasteiger partial charge in [0.05, 0.1) is 23.1 Å². The Morgan fingerprint density at radius 2 is 1.96 bits per heavy atom. The molecule has 1 N–H and O–H groups in total. The van der Waals surface area contributed by atoms with Gasteiger partial charge in [0.15, 0.2) is 17.5 Å². The van der Waals surface area contributed by atoms with Crippen LogP contribution in [0.1, 0.15) is 16.1 Å². The van der Waals surface area contributed by atoms with E-state index in [2.05, 4.69) is 0 Å². The fourth-order valence-electron chi connectivity index (χ4n) is 3.03. The summed E-state index contributed by atoms with van der Waals surface area (Å²) in [6.07, 6.45) is 0. The third kappa shape index (κ3) is 1.52. The molecule has 118 valence electrons. The quantitative estimate of drug-likeness (QED) is 0.692. The number of pyridine rings is 1. The van der Waals surface area contributed by atoms with Crippen molar-refractivity contribution < 1.29 is 23.1 Å². The molecule has 0 saturated heterocycles. The smallest absolute Gasteiger partial charge is 0.342 e. The van der Waals surface area contributed by atoms with Crippen LogP contribution in [0.3, 0.4) is 0 Å². The van der Waals surface area contributed by atoms with Crippen LogP contribution < -0.4 is 10.3 Å². The molecular formula is C14H7F3N2O3S. The Balaban J connectivity index is 2.46. The number of benzene rings is 1. The molecule has 0 atom stereocenters. The molecule has 0 radical (unpaired) electrons. The van der Waals surface area contributed by atoms with Crippen molar-refractivity contribution in [1.82, 2.24) is 4.40 Å². The predicted molar refractivity (Wildman–Crippen MR) is 78.0 cm³/mol. The highest BCUT2D eigenvalue weighted by molar-refractivity contribution is 7.16. The number of hydrogen-bond acceptors (Lipinski definition) is 4. The van der Waals surface area contributed by atoms with Crippen molar-refractivity contribution in [1.29, 1.82) is 0 Å². The Morgan fingerprint density at radius 1 is 1.26 bits per heavy atom. The summed E-state index contributed by atoms with van der Waals surface area (Å²) < 4.78 is 43.6. The lowest BCUT2D eigenvalue weighted by Crippen LogP contribution is -2.28. The summed E-state index contributed by atoms with van der Waals surface area (Å²) >= 11 is 0.991. The third-order valence-electron chi connectivity index (χ3n) is 3.96. The molecule has 0 unspecified atom stereocenters. The highest BCUT2D eigenvalue weighted by Crippen LogP contribution is 2.39. The van der Waals surface area contributed by atoms with Crippen LogP contribution in [0.25, 0.3) is 15.7 Å². The molecule has 1 aliphatic heterocycles. The second-order valence-electron chi connectivity index (χ2n) is 5.25. The molecule has 1 aliphatic rings. The van der Waals surface area contributed by atoms with E-state index < -0.39 is 39.8 Å². The number of rotatable bonds is 1. The first-order valence-electron chi connectivity index (χ1n) is 6.44. The van der Waals surface area contributed by atoms with Crippen molar-refractivity contribution in [2.75, 3.05) is 11.9 Å². The molecule has 0 spiro atoms. The Morgan fingerprint density at radius 3 is 2.61 bits per heavy atom. The third-order valence-corrected chi connectivity index (χ3v) is 4.96. The van der Waals surface area contributed by atoms with Crippen molar-refractivity contribution in [3.63, 3.8) is 0 Å². The summed E-state index contributed by atoms with van der Waals surface area (Å²) in [7, 11) is 1.48. The Kier molecular flexibility index (Phi) is 2.60. The SMILES string of the molecule is CN1Cc2csc3c(C(=O)O)c(=O)c4c(F)c(F)c(F)c1c4n23. The van der Waals surface area contributed by atoms with Gasteiger partial charge in [-0.3, -0.25) is 9.20 Å². The normalized spacial score (nSPS) is 13.5. The van der Waals surface area contributed by atoms with Crippen LogP contribution >= 0.6 is 11.3 Å². The lowest BCUT2D eigenvalue weighted by Gasteiger charge is -2.27. The van der Waals surface area contributed by atoms with E-state index in [9.17, 15) is 27.9 Å². The first kappa shape index (κ1) is 14.1. The van der Waals surface area contributed by atoms with Crippen molar-refractivity contribution in [2.24, 2.45) is 0 Å². The number of carboxylic acid groups (broad SMARTS) is 1. The number of halogens is 3. The summed E-state index contributed by atoms with van der Waals surface area (Å²) in [5, 5.41) is 10.1. The van der Waals surface area contributed by atoms with Crippen molar-refractivity contribution in [2.45, 2.75) is 6.54 Å². The molecule has 0 amide bonds. The minimum Gasteiger partial charge on any atom is -0.477 e. The van der Waals surface area contributed by atoms with E-state index in [0.29, 0.717) is 5.69 Å². The van der Waals surface area contributed by atoms with Gasteiger partial charge in [-0.05, 0) is 0 Å². The van der Waals surface area contributed by atoms with Gasteiger partial charge in [-0.25, -0.2) is 18.0 Å². The molecule has 0 saturated carbocycles. The number of nitrogens with zero attached hydrogens (tertiary/aromatic N) is 2. The van der Waals surface area contributed by atoms with Crippen LogP contribution in [0.5, 0.6) is 0 Å². The average molecular weight is 340 g/mol. The lowest BCUT2D eigenvalue weighted by atomic mass is 10.1. The zero-order chi connectivity index (χ0) is 16.6. The molecular weight excluding hydrogens is 333 g/mol. The van der Waals surface area contributed by atoms with Gasteiger partial charge in [0, 0.05) is 12.4 Å². The van der Waals surface area contributed by atoms with Gasteiger partial charge in [0.25, 0.3) is 0 Å². The largest absolute Gasteiger partial charge is 0.477 e. The first-order valence-corrected chi connectivity index (χ1v) is 7.32. The van der Waals surface area contributed by atoms with Gasteiger partial charge in [0.1, 0.15) is 16.1 Å². The fourth-order valence-corrected chi connectivity index (χ4v) is 4.07. The van der Waals surface area contributed by atoms with Crippen molar-refractivity contribution in [3.05, 3.63) is 44.3 Å². The molecule has 23 heavy (non-hydrogen) atoms. The van der Waals surface area contributed by atoms with Crippen LogP contribution in [0.2, 0.25) is 0 Å². The molecule has 2 aromatic heterocycles. The zero-order valence-corrected chi connectivity index (χ0v) is 12.3. The Hall–Kier alpha value is -2.55. The van der Waals surface area contributed by atoms with E-state index in [1.807, 2.05) is 0 Å². The van der Waals surface area contributed by atoms with Crippen LogP contribution in [-0.4, -0.2) is 22.5 Å². The zero-order valence-electron chi connectivity index (χ0n) is 11.5. The number of aromatic carboxylic acids is 1. The Labute approximate surface area is 129 Å². The second-order valence-corrected chi connectivity index (χ2v) is 6.11. The van der Waals surface area contributed by atoms with E-state index in [1.165, 1.54) is 16.3 Å². The second kappa shape index (κ2) is 4.25. The number of aromatic nitrogens is 1. The molecule has 1 aromatic carbocycles. The monoisotopic (exact) mass is 340 g/mol. The summed E-state index contributed by atoms with van der Waals surface area (Å²) in [4.78, 5) is 25.3. The number of anilines is 1. The summed E-state index contributed by atoms with van der Waals surface area (Å²) in [6, 6.07) is 0. The molecule has 0 fully saturated rings. The maximum absolute atomic E-state index is 14.2. The minimum atomic E-state index is -1.79. The van der Waals surface area contributed by atoms with E-state index in [4.69, 9.17) is 0 Å². The van der Waals surface area contributed by atoms with Gasteiger partial charge in [0.2, 0.25) is 5.43 Å². The topological polar surface area (TPSA) is 62.0 Å². The molecule has 5 nitrogen and oxygen atoms in total. The van der Waals surface area contributed by atoms with Crippen molar-refractivity contribution >= 4 is 38.7 Å². The van der Waals surface area contributed by atoms with E-state index >= 15 is 0 Å². The molecule has 0 aliphatic carbocycles. The molecule has 3 heterocycles. The van der Waals surface area contributed by atoms with E-state index in [1.54, 1.807) is 5.38 Å². The molecule has 3 aromatic rings. The molecule has 0 bridgehead atoms. The maximum Gasteiger partial charge on any atom is 0.342 e. The van der Waals surface area contributed by atoms with Gasteiger partial charge in [-0.1, -0.05) is 0 Å². The average Bonchev–Trinajstić information content (AvgIpc) is 2.88. The number of hydrogen-bond donors (Lipinski definition) is 1. The summed E-state index contributed by atoms with van der Waals surface area (Å²) in [6.45, 7) is 0.173. The molecule has 9 heteroatoms.